The van der Waals surface area contributed by atoms with E-state index in [-0.39, 0.29) is 24.1 Å². The van der Waals surface area contributed by atoms with Crippen molar-refractivity contribution in [1.82, 2.24) is 10.2 Å². The molecule has 0 saturated carbocycles. The van der Waals surface area contributed by atoms with E-state index < -0.39 is 6.04 Å². The topological polar surface area (TPSA) is 49.4 Å². The van der Waals surface area contributed by atoms with Crippen LogP contribution in [-0.2, 0) is 28.3 Å². The van der Waals surface area contributed by atoms with E-state index in [9.17, 15) is 9.59 Å². The molecular weight excluding hydrogens is 523 g/mol. The number of nitrogens with zero attached hydrogens (tertiary/aromatic N) is 1. The lowest BCUT2D eigenvalue weighted by molar-refractivity contribution is -0.139. The van der Waals surface area contributed by atoms with Crippen molar-refractivity contribution < 1.29 is 9.59 Å². The van der Waals surface area contributed by atoms with Crippen LogP contribution < -0.4 is 5.32 Å². The molecule has 0 bridgehead atoms. The number of amides is 2. The summed E-state index contributed by atoms with van der Waals surface area (Å²) in [4.78, 5) is 28.3. The first-order chi connectivity index (χ1) is 16.9. The Bertz CT molecular complexity index is 1140. The highest BCUT2D eigenvalue weighted by molar-refractivity contribution is 7.99. The zero-order valence-corrected chi connectivity index (χ0v) is 22.4. The maximum absolute atomic E-state index is 13.5. The number of hydrogen-bond acceptors (Lipinski definition) is 3. The molecule has 1 N–H and O–H groups in total. The summed E-state index contributed by atoms with van der Waals surface area (Å²) in [6.07, 6.45) is 0.401. The standard InChI is InChI=1S/C27H27Cl3N2O2S/c1-2-31-27(34)25(15-19-7-4-3-5-8-19)32(16-20-11-12-23(29)24(30)14-20)26(33)18-35-17-21-9-6-10-22(28)13-21/h3-14,25H,2,15-18H2,1H3,(H,31,34). The van der Waals surface area contributed by atoms with Crippen LogP contribution in [0.3, 0.4) is 0 Å². The smallest absolute Gasteiger partial charge is 0.243 e. The highest BCUT2D eigenvalue weighted by atomic mass is 35.5. The van der Waals surface area contributed by atoms with Gasteiger partial charge in [0.1, 0.15) is 6.04 Å². The molecule has 0 aromatic heterocycles. The van der Waals surface area contributed by atoms with Gasteiger partial charge in [0.05, 0.1) is 15.8 Å². The van der Waals surface area contributed by atoms with Gasteiger partial charge in [0, 0.05) is 30.3 Å². The lowest BCUT2D eigenvalue weighted by Crippen LogP contribution is -2.51. The average molecular weight is 550 g/mol. The number of benzene rings is 3. The van der Waals surface area contributed by atoms with Gasteiger partial charge < -0.3 is 10.2 Å². The molecule has 3 aromatic carbocycles. The van der Waals surface area contributed by atoms with E-state index in [0.717, 1.165) is 16.7 Å². The molecule has 0 radical (unpaired) electrons. The second kappa shape index (κ2) is 13.8. The summed E-state index contributed by atoms with van der Waals surface area (Å²) in [5, 5.41) is 4.40. The molecule has 4 nitrogen and oxygen atoms in total. The van der Waals surface area contributed by atoms with Crippen LogP contribution in [0.15, 0.2) is 72.8 Å². The average Bonchev–Trinajstić information content (AvgIpc) is 2.84. The molecule has 35 heavy (non-hydrogen) atoms. The van der Waals surface area contributed by atoms with Crippen LogP contribution in [0.2, 0.25) is 15.1 Å². The van der Waals surface area contributed by atoms with Crippen molar-refractivity contribution in [2.45, 2.75) is 31.7 Å². The van der Waals surface area contributed by atoms with Gasteiger partial charge in [0.15, 0.2) is 0 Å². The number of likely N-dealkylation sites (N-methyl/N-ethyl adjacent to an activating group) is 1. The molecule has 2 amide bonds. The molecule has 3 aromatic rings. The fraction of sp³-hybridized carbons (Fsp3) is 0.259. The summed E-state index contributed by atoms with van der Waals surface area (Å²) in [6, 6.07) is 21.9. The van der Waals surface area contributed by atoms with Crippen molar-refractivity contribution in [3.8, 4) is 0 Å². The molecule has 1 unspecified atom stereocenters. The Morgan fingerprint density at radius 1 is 0.886 bits per heavy atom. The van der Waals surface area contributed by atoms with Crippen LogP contribution in [0.4, 0.5) is 0 Å². The third-order valence-electron chi connectivity index (χ3n) is 5.34. The number of rotatable bonds is 11. The van der Waals surface area contributed by atoms with E-state index in [2.05, 4.69) is 5.32 Å². The molecule has 184 valence electrons. The number of nitrogens with one attached hydrogen (secondary N) is 1. The minimum atomic E-state index is -0.675. The Kier molecular flexibility index (Phi) is 10.8. The van der Waals surface area contributed by atoms with Gasteiger partial charge >= 0.3 is 0 Å². The lowest BCUT2D eigenvalue weighted by Gasteiger charge is -2.31. The monoisotopic (exact) mass is 548 g/mol. The number of carbonyl (C=O) groups is 2. The molecule has 8 heteroatoms. The third-order valence-corrected chi connectivity index (χ3v) is 7.30. The quantitative estimate of drug-likeness (QED) is 0.291. The molecule has 0 spiro atoms. The van der Waals surface area contributed by atoms with Crippen LogP contribution in [0.5, 0.6) is 0 Å². The normalized spacial score (nSPS) is 11.7. The summed E-state index contributed by atoms with van der Waals surface area (Å²) in [5.41, 5.74) is 2.81. The Hall–Kier alpha value is -2.18. The number of hydrogen-bond donors (Lipinski definition) is 1. The maximum atomic E-state index is 13.5. The zero-order valence-electron chi connectivity index (χ0n) is 19.3. The van der Waals surface area contributed by atoms with Crippen molar-refractivity contribution in [3.05, 3.63) is 105 Å². The SMILES string of the molecule is CCNC(=O)C(Cc1ccccc1)N(Cc1ccc(Cl)c(Cl)c1)C(=O)CSCc1cccc(Cl)c1. The molecule has 0 aliphatic rings. The summed E-state index contributed by atoms with van der Waals surface area (Å²) >= 11 is 19.9. The van der Waals surface area contributed by atoms with E-state index in [0.29, 0.717) is 33.8 Å². The molecule has 1 atom stereocenters. The van der Waals surface area contributed by atoms with E-state index in [4.69, 9.17) is 34.8 Å². The van der Waals surface area contributed by atoms with E-state index in [1.807, 2.05) is 67.6 Å². The van der Waals surface area contributed by atoms with E-state index >= 15 is 0 Å². The predicted octanol–water partition coefficient (Wildman–Crippen LogP) is 6.66. The van der Waals surface area contributed by atoms with E-state index in [1.54, 1.807) is 17.0 Å². The van der Waals surface area contributed by atoms with E-state index in [1.165, 1.54) is 11.8 Å². The second-order valence-electron chi connectivity index (χ2n) is 7.99. The largest absolute Gasteiger partial charge is 0.355 e. The van der Waals surface area contributed by atoms with Crippen molar-refractivity contribution in [3.63, 3.8) is 0 Å². The molecule has 3 rings (SSSR count). The first kappa shape index (κ1) is 27.4. The number of halogens is 3. The van der Waals surface area contributed by atoms with Crippen molar-refractivity contribution in [1.29, 1.82) is 0 Å². The Balaban J connectivity index is 1.84. The molecule has 0 heterocycles. The molecular formula is C27H27Cl3N2O2S. The maximum Gasteiger partial charge on any atom is 0.243 e. The van der Waals surface area contributed by atoms with Crippen LogP contribution in [-0.4, -0.2) is 35.1 Å². The summed E-state index contributed by atoms with van der Waals surface area (Å²) in [7, 11) is 0. The second-order valence-corrected chi connectivity index (χ2v) is 10.2. The van der Waals surface area contributed by atoms with Crippen molar-refractivity contribution in [2.75, 3.05) is 12.3 Å². The van der Waals surface area contributed by atoms with Gasteiger partial charge in [0.2, 0.25) is 11.8 Å². The minimum Gasteiger partial charge on any atom is -0.355 e. The predicted molar refractivity (Wildman–Crippen MR) is 147 cm³/mol. The molecule has 0 fully saturated rings. The summed E-state index contributed by atoms with van der Waals surface area (Å²) < 4.78 is 0. The molecule has 0 aliphatic carbocycles. The van der Waals surface area contributed by atoms with Gasteiger partial charge in [-0.25, -0.2) is 0 Å². The van der Waals surface area contributed by atoms with Crippen LogP contribution >= 0.6 is 46.6 Å². The highest BCUT2D eigenvalue weighted by Crippen LogP contribution is 2.25. The Morgan fingerprint density at radius 3 is 2.31 bits per heavy atom. The van der Waals surface area contributed by atoms with Gasteiger partial charge in [-0.1, -0.05) is 83.3 Å². The summed E-state index contributed by atoms with van der Waals surface area (Å²) in [6.45, 7) is 2.58. The van der Waals surface area contributed by atoms with Gasteiger partial charge in [-0.2, -0.15) is 0 Å². The van der Waals surface area contributed by atoms with Gasteiger partial charge in [0.25, 0.3) is 0 Å². The van der Waals surface area contributed by atoms with Gasteiger partial charge in [-0.05, 0) is 47.9 Å². The lowest BCUT2D eigenvalue weighted by atomic mass is 10.0. The first-order valence-corrected chi connectivity index (χ1v) is 13.5. The first-order valence-electron chi connectivity index (χ1n) is 11.2. The number of thioether (sulfide) groups is 1. The summed E-state index contributed by atoms with van der Waals surface area (Å²) in [5.74, 6) is 0.538. The van der Waals surface area contributed by atoms with Crippen molar-refractivity contribution in [2.24, 2.45) is 0 Å². The van der Waals surface area contributed by atoms with Crippen LogP contribution in [0.1, 0.15) is 23.6 Å². The fourth-order valence-corrected chi connectivity index (χ4v) is 5.04. The van der Waals surface area contributed by atoms with Gasteiger partial charge in [-0.15, -0.1) is 11.8 Å². The zero-order chi connectivity index (χ0) is 25.2. The van der Waals surface area contributed by atoms with Crippen molar-refractivity contribution >= 4 is 58.4 Å². The fourth-order valence-electron chi connectivity index (χ4n) is 3.65. The Morgan fingerprint density at radius 2 is 1.63 bits per heavy atom. The minimum absolute atomic E-state index is 0.129. The number of carbonyl (C=O) groups excluding carboxylic acids is 2. The molecule has 0 aliphatic heterocycles. The third kappa shape index (κ3) is 8.46. The van der Waals surface area contributed by atoms with Crippen LogP contribution in [0.25, 0.3) is 0 Å². The molecule has 0 saturated heterocycles. The van der Waals surface area contributed by atoms with Gasteiger partial charge in [-0.3, -0.25) is 9.59 Å². The van der Waals surface area contributed by atoms with Crippen LogP contribution in [0, 0.1) is 0 Å². The Labute approximate surface area is 225 Å². The highest BCUT2D eigenvalue weighted by Gasteiger charge is 2.30.